The van der Waals surface area contributed by atoms with Crippen LogP contribution in [-0.2, 0) is 16.0 Å². The molecule has 148 valence electrons. The van der Waals surface area contributed by atoms with Crippen molar-refractivity contribution >= 4 is 5.91 Å². The highest BCUT2D eigenvalue weighted by Crippen LogP contribution is 2.17. The van der Waals surface area contributed by atoms with Crippen LogP contribution in [0.25, 0.3) is 11.4 Å². The summed E-state index contributed by atoms with van der Waals surface area (Å²) in [4.78, 5) is 15.9. The summed E-state index contributed by atoms with van der Waals surface area (Å²) in [5.74, 6) is -0.0172. The van der Waals surface area contributed by atoms with E-state index in [1.165, 1.54) is 24.3 Å². The molecule has 1 unspecified atom stereocenters. The number of nitrogens with zero attached hydrogens (tertiary/aromatic N) is 2. The number of carbonyl (C=O) groups is 1. The molecule has 2 rings (SSSR count). The van der Waals surface area contributed by atoms with E-state index in [1.54, 1.807) is 6.92 Å². The number of ether oxygens (including phenoxy) is 1. The number of hydrogen-bond donors (Lipinski definition) is 1. The van der Waals surface area contributed by atoms with Gasteiger partial charge in [-0.1, -0.05) is 5.16 Å². The van der Waals surface area contributed by atoms with Crippen LogP contribution in [0, 0.1) is 5.82 Å². The molecular formula is C17H19F4N3O3. The minimum atomic E-state index is -4.39. The lowest BCUT2D eigenvalue weighted by molar-refractivity contribution is -0.175. The number of hydrogen-bond acceptors (Lipinski definition) is 5. The van der Waals surface area contributed by atoms with Crippen LogP contribution in [0.3, 0.4) is 0 Å². The number of amides is 1. The first kappa shape index (κ1) is 20.8. The number of benzene rings is 1. The third-order valence-corrected chi connectivity index (χ3v) is 3.41. The van der Waals surface area contributed by atoms with Gasteiger partial charge < -0.3 is 14.6 Å². The molecule has 1 aromatic heterocycles. The molecule has 0 saturated heterocycles. The lowest BCUT2D eigenvalue weighted by atomic mass is 10.2. The van der Waals surface area contributed by atoms with E-state index in [-0.39, 0.29) is 24.8 Å². The Balaban J connectivity index is 1.68. The van der Waals surface area contributed by atoms with Crippen LogP contribution >= 0.6 is 0 Å². The Bertz CT molecular complexity index is 732. The standard InChI is InChI=1S/C17H19F4N3O3/c1-11(9-26-10-17(19,20)21)22-14(25)3-2-4-15-23-16(24-27-15)12-5-7-13(18)8-6-12/h5-8,11H,2-4,9-10H2,1H3,(H,22,25). The maximum atomic E-state index is 12.9. The van der Waals surface area contributed by atoms with Gasteiger partial charge in [0, 0.05) is 24.4 Å². The fourth-order valence-corrected chi connectivity index (χ4v) is 2.21. The second kappa shape index (κ2) is 9.45. The largest absolute Gasteiger partial charge is 0.411 e. The van der Waals surface area contributed by atoms with Gasteiger partial charge in [0.25, 0.3) is 0 Å². The van der Waals surface area contributed by atoms with Crippen LogP contribution in [0.15, 0.2) is 28.8 Å². The second-order valence-electron chi connectivity index (χ2n) is 5.97. The van der Waals surface area contributed by atoms with Crippen molar-refractivity contribution in [3.8, 4) is 11.4 Å². The Kier molecular flexibility index (Phi) is 7.28. The molecule has 0 spiro atoms. The summed E-state index contributed by atoms with van der Waals surface area (Å²) < 4.78 is 58.4. The molecule has 0 aliphatic heterocycles. The molecule has 6 nitrogen and oxygen atoms in total. The average Bonchev–Trinajstić information content (AvgIpc) is 3.03. The Labute approximate surface area is 152 Å². The van der Waals surface area contributed by atoms with Crippen molar-refractivity contribution in [3.63, 3.8) is 0 Å². The van der Waals surface area contributed by atoms with E-state index in [4.69, 9.17) is 4.52 Å². The fraction of sp³-hybridized carbons (Fsp3) is 0.471. The number of aromatic nitrogens is 2. The van der Waals surface area contributed by atoms with Crippen LogP contribution < -0.4 is 5.32 Å². The quantitative estimate of drug-likeness (QED) is 0.666. The summed E-state index contributed by atoms with van der Waals surface area (Å²) in [6.07, 6.45) is -3.45. The van der Waals surface area contributed by atoms with Crippen molar-refractivity contribution in [3.05, 3.63) is 36.0 Å². The van der Waals surface area contributed by atoms with Gasteiger partial charge in [0.1, 0.15) is 12.4 Å². The first-order valence-electron chi connectivity index (χ1n) is 8.25. The molecular weight excluding hydrogens is 370 g/mol. The monoisotopic (exact) mass is 389 g/mol. The summed E-state index contributed by atoms with van der Waals surface area (Å²) in [5, 5.41) is 6.35. The minimum absolute atomic E-state index is 0.151. The molecule has 0 fully saturated rings. The second-order valence-corrected chi connectivity index (χ2v) is 5.97. The molecule has 1 heterocycles. The maximum absolute atomic E-state index is 12.9. The van der Waals surface area contributed by atoms with Crippen LogP contribution in [0.1, 0.15) is 25.7 Å². The van der Waals surface area contributed by atoms with Crippen molar-refractivity contribution in [1.82, 2.24) is 15.5 Å². The third kappa shape index (κ3) is 7.73. The summed E-state index contributed by atoms with van der Waals surface area (Å²) >= 11 is 0. The SMILES string of the molecule is CC(COCC(F)(F)F)NC(=O)CCCc1nc(-c2ccc(F)cc2)no1. The molecule has 1 amide bonds. The number of nitrogens with one attached hydrogen (secondary N) is 1. The van der Waals surface area contributed by atoms with Gasteiger partial charge in [0.15, 0.2) is 0 Å². The van der Waals surface area contributed by atoms with Crippen molar-refractivity contribution in [2.75, 3.05) is 13.2 Å². The molecule has 0 saturated carbocycles. The highest BCUT2D eigenvalue weighted by molar-refractivity contribution is 5.76. The van der Waals surface area contributed by atoms with Crippen LogP contribution in [0.5, 0.6) is 0 Å². The molecule has 1 aromatic carbocycles. The average molecular weight is 389 g/mol. The van der Waals surface area contributed by atoms with Crippen molar-refractivity contribution < 1.29 is 31.6 Å². The lowest BCUT2D eigenvalue weighted by Gasteiger charge is -2.15. The molecule has 27 heavy (non-hydrogen) atoms. The van der Waals surface area contributed by atoms with Gasteiger partial charge in [-0.3, -0.25) is 4.79 Å². The predicted molar refractivity (Wildman–Crippen MR) is 87.1 cm³/mol. The molecule has 1 N–H and O–H groups in total. The van der Waals surface area contributed by atoms with E-state index in [1.807, 2.05) is 0 Å². The van der Waals surface area contributed by atoms with Gasteiger partial charge in [-0.05, 0) is 37.6 Å². The van der Waals surface area contributed by atoms with Crippen molar-refractivity contribution in [2.45, 2.75) is 38.4 Å². The number of alkyl halides is 3. The number of carbonyl (C=O) groups excluding carboxylic acids is 1. The lowest BCUT2D eigenvalue weighted by Crippen LogP contribution is -2.36. The first-order valence-corrected chi connectivity index (χ1v) is 8.25. The zero-order valence-electron chi connectivity index (χ0n) is 14.6. The molecule has 0 aliphatic carbocycles. The fourth-order valence-electron chi connectivity index (χ4n) is 2.21. The minimum Gasteiger partial charge on any atom is -0.370 e. The Morgan fingerprint density at radius 1 is 1.30 bits per heavy atom. The van der Waals surface area contributed by atoms with Crippen LogP contribution in [0.2, 0.25) is 0 Å². The smallest absolute Gasteiger partial charge is 0.370 e. The van der Waals surface area contributed by atoms with Crippen molar-refractivity contribution in [1.29, 1.82) is 0 Å². The third-order valence-electron chi connectivity index (χ3n) is 3.41. The van der Waals surface area contributed by atoms with Gasteiger partial charge in [0.05, 0.1) is 6.61 Å². The summed E-state index contributed by atoms with van der Waals surface area (Å²) in [5.41, 5.74) is 0.608. The van der Waals surface area contributed by atoms with E-state index in [0.717, 1.165) is 0 Å². The Morgan fingerprint density at radius 2 is 2.00 bits per heavy atom. The van der Waals surface area contributed by atoms with E-state index >= 15 is 0 Å². The number of halogens is 4. The van der Waals surface area contributed by atoms with E-state index < -0.39 is 18.8 Å². The molecule has 2 aromatic rings. The maximum Gasteiger partial charge on any atom is 0.411 e. The van der Waals surface area contributed by atoms with E-state index in [9.17, 15) is 22.4 Å². The van der Waals surface area contributed by atoms with Crippen molar-refractivity contribution in [2.24, 2.45) is 0 Å². The van der Waals surface area contributed by atoms with Crippen LogP contribution in [-0.4, -0.2) is 41.5 Å². The topological polar surface area (TPSA) is 77.2 Å². The zero-order chi connectivity index (χ0) is 19.9. The molecule has 0 bridgehead atoms. The van der Waals surface area contributed by atoms with Gasteiger partial charge in [-0.15, -0.1) is 0 Å². The van der Waals surface area contributed by atoms with E-state index in [0.29, 0.717) is 30.1 Å². The number of rotatable bonds is 9. The summed E-state index contributed by atoms with van der Waals surface area (Å²) in [7, 11) is 0. The molecule has 1 atom stereocenters. The summed E-state index contributed by atoms with van der Waals surface area (Å²) in [6, 6.07) is 5.09. The molecule has 0 radical (unpaired) electrons. The molecule has 0 aliphatic rings. The normalized spacial score (nSPS) is 12.8. The highest BCUT2D eigenvalue weighted by atomic mass is 19.4. The Hall–Kier alpha value is -2.49. The van der Waals surface area contributed by atoms with Gasteiger partial charge >= 0.3 is 6.18 Å². The van der Waals surface area contributed by atoms with Gasteiger partial charge in [-0.25, -0.2) is 4.39 Å². The molecule has 10 heteroatoms. The Morgan fingerprint density at radius 3 is 2.67 bits per heavy atom. The van der Waals surface area contributed by atoms with E-state index in [2.05, 4.69) is 20.2 Å². The number of aryl methyl sites for hydroxylation is 1. The van der Waals surface area contributed by atoms with Crippen LogP contribution in [0.4, 0.5) is 17.6 Å². The first-order chi connectivity index (χ1) is 12.7. The van der Waals surface area contributed by atoms with Gasteiger partial charge in [0.2, 0.25) is 17.6 Å². The zero-order valence-corrected chi connectivity index (χ0v) is 14.6. The summed E-state index contributed by atoms with van der Waals surface area (Å²) in [6.45, 7) is -0.0159. The predicted octanol–water partition coefficient (Wildman–Crippen LogP) is 3.28. The van der Waals surface area contributed by atoms with Gasteiger partial charge in [-0.2, -0.15) is 18.2 Å². The highest BCUT2D eigenvalue weighted by Gasteiger charge is 2.27.